The van der Waals surface area contributed by atoms with Gasteiger partial charge >= 0.3 is 208 Å². The van der Waals surface area contributed by atoms with Crippen LogP contribution in [-0.2, 0) is 20.9 Å². The van der Waals surface area contributed by atoms with Crippen LogP contribution >= 0.6 is 0 Å². The summed E-state index contributed by atoms with van der Waals surface area (Å²) in [5.74, 6) is 0.722. The summed E-state index contributed by atoms with van der Waals surface area (Å²) in [5.41, 5.74) is 1.15. The third kappa shape index (κ3) is 11.8. The predicted molar refractivity (Wildman–Crippen MR) is 141 cm³/mol. The molecule has 1 aromatic carbocycles. The van der Waals surface area contributed by atoms with Gasteiger partial charge in [0.1, 0.15) is 0 Å². The summed E-state index contributed by atoms with van der Waals surface area (Å²) in [5, 5.41) is 0. The van der Waals surface area contributed by atoms with Gasteiger partial charge in [-0.2, -0.15) is 0 Å². The van der Waals surface area contributed by atoms with Crippen LogP contribution in [0, 0.1) is 0 Å². The summed E-state index contributed by atoms with van der Waals surface area (Å²) in [7, 11) is 1.68. The molecule has 1 rings (SSSR count). The molecular formula is C28H48O4Sn. The van der Waals surface area contributed by atoms with Gasteiger partial charge in [-0.25, -0.2) is 0 Å². The van der Waals surface area contributed by atoms with Crippen LogP contribution in [0.3, 0.4) is 0 Å². The fraction of sp³-hybridized carbons (Fsp3) is 0.679. The molecule has 0 radical (unpaired) electrons. The Bertz CT molecular complexity index is 647. The predicted octanol–water partition coefficient (Wildman–Crippen LogP) is 7.87. The zero-order valence-electron chi connectivity index (χ0n) is 21.9. The van der Waals surface area contributed by atoms with Gasteiger partial charge in [-0.1, -0.05) is 0 Å². The summed E-state index contributed by atoms with van der Waals surface area (Å²) in [4.78, 5) is 12.5. The zero-order valence-corrected chi connectivity index (χ0v) is 24.8. The zero-order chi connectivity index (χ0) is 24.4. The minimum absolute atomic E-state index is 0.141. The molecule has 0 N–H and O–H groups in total. The molecule has 188 valence electrons. The van der Waals surface area contributed by atoms with E-state index in [4.69, 9.17) is 14.2 Å². The Labute approximate surface area is 207 Å². The van der Waals surface area contributed by atoms with Crippen molar-refractivity contribution in [2.75, 3.05) is 20.3 Å². The van der Waals surface area contributed by atoms with Crippen LogP contribution in [0.2, 0.25) is 13.3 Å². The van der Waals surface area contributed by atoms with Crippen molar-refractivity contribution < 1.29 is 19.0 Å². The molecular weight excluding hydrogens is 519 g/mol. The van der Waals surface area contributed by atoms with Crippen molar-refractivity contribution in [3.05, 3.63) is 39.5 Å². The Kier molecular flexibility index (Phi) is 16.7. The molecule has 0 fully saturated rings. The molecule has 0 saturated carbocycles. The molecule has 0 aromatic heterocycles. The normalized spacial score (nSPS) is 12.1. The van der Waals surface area contributed by atoms with Crippen LogP contribution in [0.4, 0.5) is 0 Å². The first-order valence-corrected chi connectivity index (χ1v) is 20.6. The molecule has 0 amide bonds. The molecule has 0 atom stereocenters. The number of ether oxygens (including phenoxy) is 3. The van der Waals surface area contributed by atoms with Crippen molar-refractivity contribution in [2.24, 2.45) is 0 Å². The van der Waals surface area contributed by atoms with Crippen molar-refractivity contribution in [3.63, 3.8) is 0 Å². The summed E-state index contributed by atoms with van der Waals surface area (Å²) < 4.78 is 22.2. The van der Waals surface area contributed by atoms with E-state index < -0.39 is 18.4 Å². The molecule has 0 spiro atoms. The molecule has 33 heavy (non-hydrogen) atoms. The molecule has 0 heterocycles. The molecule has 0 aliphatic rings. The van der Waals surface area contributed by atoms with Crippen molar-refractivity contribution >= 4 is 24.3 Å². The summed E-state index contributed by atoms with van der Waals surface area (Å²) in [6.07, 6.45) is 11.4. The molecule has 0 unspecified atom stereocenters. The van der Waals surface area contributed by atoms with E-state index in [-0.39, 0.29) is 5.97 Å². The third-order valence-corrected chi connectivity index (χ3v) is 22.7. The standard InChI is InChI=1S/C16H21O4.3C4H9.Sn/c1-3-20-16(17)7-5-4-6-12-19-13-14-8-10-15(18-2)11-9-14;3*1-3-4-2;/h7-11H,3-4,6,12-13H2,1-2H3;3*1,3-4H2,2H3;. The van der Waals surface area contributed by atoms with E-state index in [1.807, 2.05) is 37.3 Å². The molecule has 0 aliphatic heterocycles. The van der Waals surface area contributed by atoms with Crippen LogP contribution < -0.4 is 4.74 Å². The third-order valence-electron chi connectivity index (χ3n) is 6.45. The number of benzene rings is 1. The van der Waals surface area contributed by atoms with Gasteiger partial charge in [0.15, 0.2) is 0 Å². The second kappa shape index (κ2) is 18.3. The average molecular weight is 567 g/mol. The number of allylic oxidation sites excluding steroid dienone is 1. The van der Waals surface area contributed by atoms with Gasteiger partial charge in [-0.3, -0.25) is 0 Å². The molecule has 1 aromatic rings. The summed E-state index contributed by atoms with van der Waals surface area (Å²) in [6.45, 7) is 10.5. The molecule has 4 nitrogen and oxygen atoms in total. The van der Waals surface area contributed by atoms with Crippen molar-refractivity contribution in [3.8, 4) is 5.75 Å². The number of rotatable bonds is 19. The van der Waals surface area contributed by atoms with Gasteiger partial charge in [0, 0.05) is 0 Å². The number of esters is 1. The van der Waals surface area contributed by atoms with Crippen molar-refractivity contribution in [1.29, 1.82) is 0 Å². The van der Waals surface area contributed by atoms with E-state index in [1.165, 1.54) is 55.4 Å². The molecule has 0 bridgehead atoms. The monoisotopic (exact) mass is 568 g/mol. The number of hydrogen-bond acceptors (Lipinski definition) is 4. The fourth-order valence-electron chi connectivity index (χ4n) is 4.50. The SMILES string of the molecule is CCC[CH2][Sn]([CH2]CCC)([CH2]CCC)/[C](=C/C(=O)OCC)CCCOCc1ccc(OC)cc1. The van der Waals surface area contributed by atoms with Crippen LogP contribution in [-0.4, -0.2) is 44.7 Å². The average Bonchev–Trinajstić information content (AvgIpc) is 2.83. The second-order valence-corrected chi connectivity index (χ2v) is 22.4. The minimum atomic E-state index is -2.66. The maximum atomic E-state index is 12.5. The first-order chi connectivity index (χ1) is 16.0. The quantitative estimate of drug-likeness (QED) is 0.0739. The van der Waals surface area contributed by atoms with Crippen LogP contribution in [0.25, 0.3) is 0 Å². The van der Waals surface area contributed by atoms with Gasteiger partial charge in [0.25, 0.3) is 0 Å². The van der Waals surface area contributed by atoms with E-state index in [1.54, 1.807) is 7.11 Å². The van der Waals surface area contributed by atoms with Gasteiger partial charge in [0.2, 0.25) is 0 Å². The topological polar surface area (TPSA) is 44.8 Å². The van der Waals surface area contributed by atoms with Gasteiger partial charge < -0.3 is 0 Å². The van der Waals surface area contributed by atoms with E-state index in [2.05, 4.69) is 20.8 Å². The molecule has 0 saturated heterocycles. The first kappa shape index (κ1) is 30.0. The van der Waals surface area contributed by atoms with Crippen LogP contribution in [0.1, 0.15) is 84.6 Å². The number of unbranched alkanes of at least 4 members (excludes halogenated alkanes) is 3. The van der Waals surface area contributed by atoms with Crippen LogP contribution in [0.5, 0.6) is 5.75 Å². The number of methoxy groups -OCH3 is 1. The summed E-state index contributed by atoms with van der Waals surface area (Å²) in [6, 6.07) is 8.03. The molecule has 0 aliphatic carbocycles. The Hall–Kier alpha value is -1.01. The van der Waals surface area contributed by atoms with Gasteiger partial charge in [-0.15, -0.1) is 0 Å². The van der Waals surface area contributed by atoms with E-state index in [9.17, 15) is 4.79 Å². The van der Waals surface area contributed by atoms with Crippen LogP contribution in [0.15, 0.2) is 33.9 Å². The number of carbonyl (C=O) groups excluding carboxylic acids is 1. The van der Waals surface area contributed by atoms with E-state index in [0.717, 1.165) is 24.2 Å². The van der Waals surface area contributed by atoms with E-state index in [0.29, 0.717) is 19.8 Å². The maximum absolute atomic E-state index is 12.5. The van der Waals surface area contributed by atoms with Crippen molar-refractivity contribution in [1.82, 2.24) is 0 Å². The Morgan fingerprint density at radius 1 is 0.879 bits per heavy atom. The fourth-order valence-corrected chi connectivity index (χ4v) is 21.4. The van der Waals surface area contributed by atoms with Gasteiger partial charge in [0.05, 0.1) is 0 Å². The number of carbonyl (C=O) groups is 1. The van der Waals surface area contributed by atoms with Gasteiger partial charge in [-0.05, 0) is 0 Å². The van der Waals surface area contributed by atoms with Crippen molar-refractivity contribution in [2.45, 2.75) is 99.0 Å². The molecule has 5 heteroatoms. The summed E-state index contributed by atoms with van der Waals surface area (Å²) >= 11 is -2.66. The Balaban J connectivity index is 2.90. The Morgan fingerprint density at radius 3 is 1.94 bits per heavy atom. The number of hydrogen-bond donors (Lipinski definition) is 0. The van der Waals surface area contributed by atoms with E-state index >= 15 is 0 Å². The first-order valence-electron chi connectivity index (χ1n) is 13.1. The Morgan fingerprint density at radius 2 is 1.45 bits per heavy atom. The second-order valence-electron chi connectivity index (χ2n) is 9.02.